The number of hydrogen-bond acceptors (Lipinski definition) is 4. The monoisotopic (exact) mass is 421 g/mol. The van der Waals surface area contributed by atoms with Crippen LogP contribution in [-0.2, 0) is 14.2 Å². The second kappa shape index (κ2) is 23.7. The highest BCUT2D eigenvalue weighted by Crippen LogP contribution is 2.11. The van der Waals surface area contributed by atoms with Gasteiger partial charge in [-0.1, -0.05) is 72.4 Å². The van der Waals surface area contributed by atoms with Gasteiger partial charge in [0.25, 0.3) is 0 Å². The third-order valence-corrected chi connectivity index (χ3v) is 4.38. The Labute approximate surface area is 161 Å². The molecule has 0 rings (SSSR count). The van der Waals surface area contributed by atoms with Crippen molar-refractivity contribution in [1.82, 2.24) is 0 Å². The van der Waals surface area contributed by atoms with E-state index in [1.807, 2.05) is 0 Å². The van der Waals surface area contributed by atoms with Crippen LogP contribution in [0.15, 0.2) is 5.11 Å². The second-order valence-electron chi connectivity index (χ2n) is 6.02. The van der Waals surface area contributed by atoms with E-state index in [2.05, 4.69) is 26.0 Å². The molecule has 0 atom stereocenters. The van der Waals surface area contributed by atoms with Crippen LogP contribution in [0.2, 0.25) is 0 Å². The van der Waals surface area contributed by atoms with Crippen molar-refractivity contribution in [2.45, 2.75) is 64.2 Å². The second-order valence-corrected chi connectivity index (χ2v) is 6.81. The minimum atomic E-state index is 0.372. The highest BCUT2D eigenvalue weighted by atomic mass is 79.9. The molecular weight excluding hydrogens is 386 g/mol. The lowest BCUT2D eigenvalue weighted by Gasteiger charge is -2.06. The zero-order valence-corrected chi connectivity index (χ0v) is 17.3. The largest absolute Gasteiger partial charge is 0.379 e. The molecule has 0 bridgehead atoms. The third kappa shape index (κ3) is 23.7. The van der Waals surface area contributed by atoms with Crippen LogP contribution in [0.1, 0.15) is 64.2 Å². The van der Waals surface area contributed by atoms with E-state index in [1.165, 1.54) is 57.8 Å². The molecule has 0 aromatic heterocycles. The molecule has 0 spiro atoms. The number of unbranched alkanes of at least 4 members (excludes halogenated alkanes) is 9. The fraction of sp³-hybridized carbons (Fsp3) is 1.00. The summed E-state index contributed by atoms with van der Waals surface area (Å²) < 4.78 is 16.2. The maximum atomic E-state index is 8.09. The number of alkyl halides is 1. The van der Waals surface area contributed by atoms with Crippen molar-refractivity contribution in [3.05, 3.63) is 10.4 Å². The number of rotatable bonds is 21. The first kappa shape index (κ1) is 24.7. The standard InChI is InChI=1S/C18H36BrN3O3/c19-11-9-7-5-3-1-2-4-6-8-10-13-23-15-17-25-18-16-24-14-12-21-22-20/h1-18H2. The summed E-state index contributed by atoms with van der Waals surface area (Å²) in [4.78, 5) is 2.65. The molecule has 0 saturated carbocycles. The Morgan fingerprint density at radius 1 is 0.600 bits per heavy atom. The van der Waals surface area contributed by atoms with E-state index in [4.69, 9.17) is 19.7 Å². The molecule has 6 nitrogen and oxygen atoms in total. The summed E-state index contributed by atoms with van der Waals surface area (Å²) >= 11 is 3.47. The van der Waals surface area contributed by atoms with Crippen molar-refractivity contribution in [3.8, 4) is 0 Å². The molecule has 0 amide bonds. The molecule has 0 aliphatic carbocycles. The van der Waals surface area contributed by atoms with Crippen LogP contribution in [0.5, 0.6) is 0 Å². The van der Waals surface area contributed by atoms with Crippen LogP contribution in [0.3, 0.4) is 0 Å². The average molecular weight is 422 g/mol. The van der Waals surface area contributed by atoms with Gasteiger partial charge >= 0.3 is 0 Å². The summed E-state index contributed by atoms with van der Waals surface area (Å²) in [7, 11) is 0. The van der Waals surface area contributed by atoms with E-state index in [1.54, 1.807) is 0 Å². The first-order valence-electron chi connectivity index (χ1n) is 9.72. The lowest BCUT2D eigenvalue weighted by atomic mass is 10.1. The first-order chi connectivity index (χ1) is 12.4. The van der Waals surface area contributed by atoms with Gasteiger partial charge in [0.05, 0.1) is 33.0 Å². The molecule has 0 N–H and O–H groups in total. The molecular formula is C18H36BrN3O3. The Morgan fingerprint density at radius 2 is 1.04 bits per heavy atom. The highest BCUT2D eigenvalue weighted by molar-refractivity contribution is 9.09. The van der Waals surface area contributed by atoms with Crippen molar-refractivity contribution in [1.29, 1.82) is 0 Å². The van der Waals surface area contributed by atoms with Gasteiger partial charge in [-0.2, -0.15) is 0 Å². The zero-order valence-electron chi connectivity index (χ0n) is 15.7. The maximum absolute atomic E-state index is 8.09. The SMILES string of the molecule is [N-]=[N+]=NCCOCCOCCOCCCCCCCCCCCCBr. The van der Waals surface area contributed by atoms with Crippen molar-refractivity contribution in [3.63, 3.8) is 0 Å². The van der Waals surface area contributed by atoms with Gasteiger partial charge in [0.1, 0.15) is 0 Å². The molecule has 0 fully saturated rings. The molecule has 0 heterocycles. The van der Waals surface area contributed by atoms with Gasteiger partial charge < -0.3 is 14.2 Å². The van der Waals surface area contributed by atoms with Gasteiger partial charge in [0.15, 0.2) is 0 Å². The molecule has 0 aromatic carbocycles. The fourth-order valence-electron chi connectivity index (χ4n) is 2.40. The minimum Gasteiger partial charge on any atom is -0.379 e. The van der Waals surface area contributed by atoms with Gasteiger partial charge in [-0.15, -0.1) is 0 Å². The Bertz CT molecular complexity index is 303. The van der Waals surface area contributed by atoms with E-state index < -0.39 is 0 Å². The lowest BCUT2D eigenvalue weighted by molar-refractivity contribution is 0.0153. The van der Waals surface area contributed by atoms with Crippen LogP contribution >= 0.6 is 15.9 Å². The summed E-state index contributed by atoms with van der Waals surface area (Å²) in [6.45, 7) is 3.98. The summed E-state index contributed by atoms with van der Waals surface area (Å²) in [5.74, 6) is 0. The van der Waals surface area contributed by atoms with Gasteiger partial charge in [0, 0.05) is 23.4 Å². The van der Waals surface area contributed by atoms with E-state index in [-0.39, 0.29) is 0 Å². The molecule has 0 aliphatic rings. The average Bonchev–Trinajstić information content (AvgIpc) is 2.63. The van der Waals surface area contributed by atoms with Gasteiger partial charge in [0.2, 0.25) is 0 Å². The van der Waals surface area contributed by atoms with E-state index in [0.29, 0.717) is 39.6 Å². The summed E-state index contributed by atoms with van der Waals surface area (Å²) in [6, 6.07) is 0. The lowest BCUT2D eigenvalue weighted by Crippen LogP contribution is -2.10. The number of ether oxygens (including phenoxy) is 3. The van der Waals surface area contributed by atoms with E-state index in [0.717, 1.165) is 18.4 Å². The smallest absolute Gasteiger partial charge is 0.0701 e. The van der Waals surface area contributed by atoms with Gasteiger partial charge in [-0.25, -0.2) is 0 Å². The third-order valence-electron chi connectivity index (χ3n) is 3.82. The van der Waals surface area contributed by atoms with Crippen molar-refractivity contribution in [2.24, 2.45) is 5.11 Å². The maximum Gasteiger partial charge on any atom is 0.0701 e. The molecule has 148 valence electrons. The first-order valence-corrected chi connectivity index (χ1v) is 10.8. The van der Waals surface area contributed by atoms with Gasteiger partial charge in [-0.05, 0) is 18.4 Å². The Balaban J connectivity index is 2.97. The van der Waals surface area contributed by atoms with Crippen molar-refractivity contribution >= 4 is 15.9 Å². The molecule has 25 heavy (non-hydrogen) atoms. The molecule has 0 aromatic rings. The Kier molecular flexibility index (Phi) is 23.4. The van der Waals surface area contributed by atoms with Crippen LogP contribution in [-0.4, -0.2) is 51.5 Å². The zero-order chi connectivity index (χ0) is 18.3. The molecule has 0 aliphatic heterocycles. The molecule has 7 heteroatoms. The quantitative estimate of drug-likeness (QED) is 0.0789. The summed E-state index contributed by atoms with van der Waals surface area (Å²) in [5.41, 5.74) is 8.09. The van der Waals surface area contributed by atoms with Crippen LogP contribution in [0.25, 0.3) is 10.4 Å². The van der Waals surface area contributed by atoms with Crippen molar-refractivity contribution in [2.75, 3.05) is 51.5 Å². The summed E-state index contributed by atoms with van der Waals surface area (Å²) in [6.07, 6.45) is 13.4. The predicted molar refractivity (Wildman–Crippen MR) is 106 cm³/mol. The van der Waals surface area contributed by atoms with E-state index >= 15 is 0 Å². The Morgan fingerprint density at radius 3 is 1.56 bits per heavy atom. The highest BCUT2D eigenvalue weighted by Gasteiger charge is 1.94. The molecule has 0 unspecified atom stereocenters. The van der Waals surface area contributed by atoms with Gasteiger partial charge in [-0.3, -0.25) is 0 Å². The minimum absolute atomic E-state index is 0.372. The fourth-order valence-corrected chi connectivity index (χ4v) is 2.80. The molecule has 0 radical (unpaired) electrons. The topological polar surface area (TPSA) is 76.5 Å². The van der Waals surface area contributed by atoms with Crippen LogP contribution < -0.4 is 0 Å². The van der Waals surface area contributed by atoms with Crippen LogP contribution in [0, 0.1) is 0 Å². The van der Waals surface area contributed by atoms with Crippen molar-refractivity contribution < 1.29 is 14.2 Å². The predicted octanol–water partition coefficient (Wildman–Crippen LogP) is 5.64. The summed E-state index contributed by atoms with van der Waals surface area (Å²) in [5, 5.41) is 4.53. The number of nitrogens with zero attached hydrogens (tertiary/aromatic N) is 3. The van der Waals surface area contributed by atoms with E-state index in [9.17, 15) is 0 Å². The number of halogens is 1. The number of azide groups is 1. The normalized spacial score (nSPS) is 10.8. The number of hydrogen-bond donors (Lipinski definition) is 0. The molecule has 0 saturated heterocycles. The van der Waals surface area contributed by atoms with Crippen LogP contribution in [0.4, 0.5) is 0 Å². The Hall–Kier alpha value is -0.330.